The molecule has 0 fully saturated rings. The van der Waals surface area contributed by atoms with Crippen molar-refractivity contribution in [2.75, 3.05) is 0 Å². The summed E-state index contributed by atoms with van der Waals surface area (Å²) < 4.78 is 92.9. The van der Waals surface area contributed by atoms with Gasteiger partial charge in [0.1, 0.15) is 0 Å². The quantitative estimate of drug-likeness (QED) is 0.188. The van der Waals surface area contributed by atoms with Crippen molar-refractivity contribution < 1.29 is 26.3 Å². The maximum Gasteiger partial charge on any atom is 0.380 e. The van der Waals surface area contributed by atoms with E-state index in [-0.39, 0.29) is 26.8 Å². The number of hydrogen-bond donors (Lipinski definition) is 0. The highest BCUT2D eigenvalue weighted by atomic mass is 32.1. The third kappa shape index (κ3) is 4.55. The second kappa shape index (κ2) is 10.4. The lowest BCUT2D eigenvalue weighted by Gasteiger charge is -2.25. The van der Waals surface area contributed by atoms with E-state index < -0.39 is 28.9 Å². The first-order valence-corrected chi connectivity index (χ1v) is 14.5. The number of benzene rings is 2. The highest BCUT2D eigenvalue weighted by Crippen LogP contribution is 2.66. The lowest BCUT2D eigenvalue weighted by Crippen LogP contribution is -2.48. The Bertz CT molecular complexity index is 1580. The van der Waals surface area contributed by atoms with E-state index in [1.807, 2.05) is 13.8 Å². The van der Waals surface area contributed by atoms with Crippen LogP contribution in [0.15, 0.2) is 78.9 Å². The number of thiophene rings is 2. The Balaban J connectivity index is 1.82. The highest BCUT2D eigenvalue weighted by Gasteiger charge is 2.80. The van der Waals surface area contributed by atoms with Crippen LogP contribution in [0, 0.1) is 12.8 Å². The van der Waals surface area contributed by atoms with Gasteiger partial charge in [-0.1, -0.05) is 87.0 Å². The molecule has 2 aromatic heterocycles. The summed E-state index contributed by atoms with van der Waals surface area (Å²) in [5.74, 6) is -15.7. The maximum absolute atomic E-state index is 15.7. The lowest BCUT2D eigenvalue weighted by atomic mass is 9.94. The second-order valence-corrected chi connectivity index (χ2v) is 12.3. The number of hydrogen-bond acceptors (Lipinski definition) is 2. The highest BCUT2D eigenvalue weighted by molar-refractivity contribution is 7.16. The van der Waals surface area contributed by atoms with E-state index in [9.17, 15) is 0 Å². The van der Waals surface area contributed by atoms with Crippen molar-refractivity contribution in [2.45, 2.75) is 45.0 Å². The van der Waals surface area contributed by atoms with Gasteiger partial charge < -0.3 is 0 Å². The van der Waals surface area contributed by atoms with Crippen molar-refractivity contribution in [3.05, 3.63) is 99.8 Å². The van der Waals surface area contributed by atoms with Crippen LogP contribution in [0.25, 0.3) is 38.1 Å². The molecule has 0 radical (unpaired) electrons. The van der Waals surface area contributed by atoms with Crippen LogP contribution in [0.3, 0.4) is 0 Å². The fourth-order valence-corrected chi connectivity index (χ4v) is 6.88. The Labute approximate surface area is 237 Å². The standard InChI is InChI=1S/C32H26F6S2/c1-4-19(2)15-16-25-24(18-27(40-25)22-13-9-6-10-14-22)29-28(30(33,34)32(37,38)31(29,35)36)23-17-26(39-20(23)3)21-11-7-5-8-12-21/h5-19H,4H2,1-3H3/b16-15+/t19-/m0/s1. The van der Waals surface area contributed by atoms with Crippen LogP contribution in [0.2, 0.25) is 0 Å². The molecule has 1 aliphatic carbocycles. The Morgan fingerprint density at radius 3 is 1.73 bits per heavy atom. The van der Waals surface area contributed by atoms with Crippen LogP contribution in [0.4, 0.5) is 26.3 Å². The first-order valence-electron chi connectivity index (χ1n) is 12.8. The van der Waals surface area contributed by atoms with E-state index in [4.69, 9.17) is 0 Å². The summed E-state index contributed by atoms with van der Waals surface area (Å²) in [7, 11) is 0. The molecule has 1 aliphatic rings. The first kappa shape index (κ1) is 28.4. The fraction of sp³-hybridized carbons (Fsp3) is 0.250. The van der Waals surface area contributed by atoms with Crippen molar-refractivity contribution in [1.29, 1.82) is 0 Å². The molecular formula is C32H26F6S2. The molecule has 5 rings (SSSR count). The molecule has 0 saturated carbocycles. The molecule has 40 heavy (non-hydrogen) atoms. The van der Waals surface area contributed by atoms with Crippen LogP contribution in [0.5, 0.6) is 0 Å². The molecule has 2 aromatic carbocycles. The SMILES string of the molecule is CC[C@H](C)/C=C/c1sc(-c2ccccc2)cc1C1=C(c2cc(-c3ccccc3)sc2C)C(F)(F)C(F)(F)C1(F)F. The molecule has 4 aromatic rings. The smallest absolute Gasteiger partial charge is 0.194 e. The first-order chi connectivity index (χ1) is 18.9. The van der Waals surface area contributed by atoms with E-state index in [0.29, 0.717) is 20.9 Å². The molecule has 0 unspecified atom stereocenters. The molecule has 0 spiro atoms. The van der Waals surface area contributed by atoms with Gasteiger partial charge in [0, 0.05) is 36.2 Å². The lowest BCUT2D eigenvalue weighted by molar-refractivity contribution is -0.254. The van der Waals surface area contributed by atoms with Gasteiger partial charge in [-0.25, -0.2) is 0 Å². The van der Waals surface area contributed by atoms with Gasteiger partial charge in [0.15, 0.2) is 0 Å². The molecule has 1 atom stereocenters. The molecule has 0 aliphatic heterocycles. The van der Waals surface area contributed by atoms with Gasteiger partial charge >= 0.3 is 17.8 Å². The zero-order valence-electron chi connectivity index (χ0n) is 22.0. The number of aryl methyl sites for hydroxylation is 1. The number of alkyl halides is 6. The van der Waals surface area contributed by atoms with Crippen LogP contribution < -0.4 is 0 Å². The predicted molar refractivity (Wildman–Crippen MR) is 154 cm³/mol. The second-order valence-electron chi connectivity index (χ2n) is 9.92. The predicted octanol–water partition coefficient (Wildman–Crippen LogP) is 11.3. The minimum Gasteiger partial charge on any atom is -0.194 e. The molecule has 0 N–H and O–H groups in total. The molecule has 0 amide bonds. The van der Waals surface area contributed by atoms with Crippen molar-refractivity contribution >= 4 is 39.9 Å². The van der Waals surface area contributed by atoms with Crippen LogP contribution in [-0.2, 0) is 0 Å². The minimum atomic E-state index is -5.61. The number of rotatable bonds is 7. The van der Waals surface area contributed by atoms with Crippen LogP contribution >= 0.6 is 22.7 Å². The normalized spacial score (nSPS) is 18.5. The summed E-state index contributed by atoms with van der Waals surface area (Å²) >= 11 is 2.22. The summed E-state index contributed by atoms with van der Waals surface area (Å²) in [6.45, 7) is 5.38. The van der Waals surface area contributed by atoms with Gasteiger partial charge in [-0.3, -0.25) is 0 Å². The van der Waals surface area contributed by atoms with Gasteiger partial charge in [0.2, 0.25) is 0 Å². The summed E-state index contributed by atoms with van der Waals surface area (Å²) in [6.07, 6.45) is 4.14. The van der Waals surface area contributed by atoms with Gasteiger partial charge in [-0.05, 0) is 47.7 Å². The van der Waals surface area contributed by atoms with E-state index in [0.717, 1.165) is 29.1 Å². The van der Waals surface area contributed by atoms with Crippen molar-refractivity contribution in [2.24, 2.45) is 5.92 Å². The largest absolute Gasteiger partial charge is 0.380 e. The number of halogens is 6. The monoisotopic (exact) mass is 588 g/mol. The summed E-state index contributed by atoms with van der Waals surface area (Å²) in [6, 6.07) is 20.3. The van der Waals surface area contributed by atoms with E-state index in [1.165, 1.54) is 19.1 Å². The molecule has 0 nitrogen and oxygen atoms in total. The van der Waals surface area contributed by atoms with Crippen molar-refractivity contribution in [3.63, 3.8) is 0 Å². The van der Waals surface area contributed by atoms with E-state index >= 15 is 26.3 Å². The van der Waals surface area contributed by atoms with Gasteiger partial charge in [-0.15, -0.1) is 22.7 Å². The van der Waals surface area contributed by atoms with Gasteiger partial charge in [0.05, 0.1) is 0 Å². The zero-order chi connectivity index (χ0) is 28.9. The Kier molecular flexibility index (Phi) is 7.38. The minimum absolute atomic E-state index is 0.0723. The topological polar surface area (TPSA) is 0 Å². The Hall–Kier alpha value is -3.10. The summed E-state index contributed by atoms with van der Waals surface area (Å²) in [5.41, 5.74) is -1.85. The molecule has 2 heterocycles. The fourth-order valence-electron chi connectivity index (χ4n) is 4.76. The summed E-state index contributed by atoms with van der Waals surface area (Å²) in [5, 5.41) is 0. The summed E-state index contributed by atoms with van der Waals surface area (Å²) in [4.78, 5) is 1.54. The molecule has 208 valence electrons. The molecular weight excluding hydrogens is 562 g/mol. The van der Waals surface area contributed by atoms with E-state index in [1.54, 1.807) is 72.8 Å². The van der Waals surface area contributed by atoms with Gasteiger partial charge in [0.25, 0.3) is 0 Å². The average Bonchev–Trinajstić information content (AvgIpc) is 3.56. The van der Waals surface area contributed by atoms with Crippen LogP contribution in [0.1, 0.15) is 41.1 Å². The molecule has 0 bridgehead atoms. The Morgan fingerprint density at radius 1 is 0.725 bits per heavy atom. The third-order valence-electron chi connectivity index (χ3n) is 7.22. The van der Waals surface area contributed by atoms with Crippen molar-refractivity contribution in [1.82, 2.24) is 0 Å². The molecule has 0 saturated heterocycles. The zero-order valence-corrected chi connectivity index (χ0v) is 23.6. The van der Waals surface area contributed by atoms with Crippen molar-refractivity contribution in [3.8, 4) is 20.9 Å². The maximum atomic E-state index is 15.7. The van der Waals surface area contributed by atoms with E-state index in [2.05, 4.69) is 0 Å². The third-order valence-corrected chi connectivity index (χ3v) is 9.47. The molecule has 8 heteroatoms. The average molecular weight is 589 g/mol. The van der Waals surface area contributed by atoms with Gasteiger partial charge in [-0.2, -0.15) is 26.3 Å². The Morgan fingerprint density at radius 2 is 1.20 bits per heavy atom. The number of allylic oxidation sites excluding steroid dienone is 3. The van der Waals surface area contributed by atoms with Crippen LogP contribution in [-0.4, -0.2) is 17.8 Å².